The Labute approximate surface area is 87.5 Å². The van der Waals surface area contributed by atoms with E-state index < -0.39 is 17.0 Å². The van der Waals surface area contributed by atoms with Crippen molar-refractivity contribution in [3.8, 4) is 5.75 Å². The van der Waals surface area contributed by atoms with Crippen LogP contribution in [0.15, 0.2) is 18.2 Å². The van der Waals surface area contributed by atoms with Gasteiger partial charge in [0.25, 0.3) is 0 Å². The van der Waals surface area contributed by atoms with Crippen LogP contribution < -0.4 is 4.74 Å². The molecule has 0 atom stereocenters. The lowest BCUT2D eigenvalue weighted by Crippen LogP contribution is -2.25. The minimum absolute atomic E-state index is 0.0508. The van der Waals surface area contributed by atoms with Crippen LogP contribution in [0.5, 0.6) is 5.75 Å². The predicted molar refractivity (Wildman–Crippen MR) is 52.7 cm³/mol. The molecule has 4 heteroatoms. The third kappa shape index (κ3) is 3.83. The summed E-state index contributed by atoms with van der Waals surface area (Å²) in [6.07, 6.45) is 0. The van der Waals surface area contributed by atoms with Crippen LogP contribution in [-0.2, 0) is 0 Å². The molecule has 0 fully saturated rings. The van der Waals surface area contributed by atoms with E-state index in [9.17, 15) is 8.78 Å². The van der Waals surface area contributed by atoms with Gasteiger partial charge >= 0.3 is 0 Å². The van der Waals surface area contributed by atoms with Gasteiger partial charge in [-0.3, -0.25) is 0 Å². The first-order valence-corrected chi connectivity index (χ1v) is 4.63. The molecule has 0 radical (unpaired) electrons. The Morgan fingerprint density at radius 1 is 1.20 bits per heavy atom. The van der Waals surface area contributed by atoms with Crippen LogP contribution >= 0.6 is 0 Å². The van der Waals surface area contributed by atoms with Gasteiger partial charge in [0.15, 0.2) is 0 Å². The first kappa shape index (κ1) is 11.9. The highest BCUT2D eigenvalue weighted by Gasteiger charge is 2.17. The third-order valence-electron chi connectivity index (χ3n) is 1.89. The van der Waals surface area contributed by atoms with Gasteiger partial charge in [0.1, 0.15) is 17.4 Å². The zero-order valence-corrected chi connectivity index (χ0v) is 8.76. The van der Waals surface area contributed by atoms with Crippen molar-refractivity contribution in [1.82, 2.24) is 0 Å². The average molecular weight is 216 g/mol. The SMILES string of the molecule is CC(C)(CO)COc1cc(F)cc(F)c1. The molecule has 0 heterocycles. The molecule has 0 aliphatic carbocycles. The van der Waals surface area contributed by atoms with Crippen LogP contribution in [-0.4, -0.2) is 18.3 Å². The molecule has 15 heavy (non-hydrogen) atoms. The lowest BCUT2D eigenvalue weighted by molar-refractivity contribution is 0.0972. The first-order chi connectivity index (χ1) is 6.93. The Morgan fingerprint density at radius 2 is 1.73 bits per heavy atom. The van der Waals surface area contributed by atoms with E-state index in [1.54, 1.807) is 13.8 Å². The quantitative estimate of drug-likeness (QED) is 0.837. The van der Waals surface area contributed by atoms with Gasteiger partial charge in [-0.25, -0.2) is 8.78 Å². The van der Waals surface area contributed by atoms with Crippen LogP contribution in [0, 0.1) is 17.0 Å². The zero-order chi connectivity index (χ0) is 11.5. The zero-order valence-electron chi connectivity index (χ0n) is 8.76. The van der Waals surface area contributed by atoms with Crippen molar-refractivity contribution >= 4 is 0 Å². The van der Waals surface area contributed by atoms with E-state index in [0.29, 0.717) is 0 Å². The summed E-state index contributed by atoms with van der Waals surface area (Å²) < 4.78 is 30.7. The second-order valence-corrected chi connectivity index (χ2v) is 4.22. The minimum atomic E-state index is -0.674. The van der Waals surface area contributed by atoms with E-state index in [1.165, 1.54) is 0 Å². The molecule has 0 bridgehead atoms. The summed E-state index contributed by atoms with van der Waals surface area (Å²) in [7, 11) is 0. The Balaban J connectivity index is 2.65. The summed E-state index contributed by atoms with van der Waals surface area (Å²) in [5, 5.41) is 8.95. The summed E-state index contributed by atoms with van der Waals surface area (Å²) in [5.74, 6) is -1.22. The second-order valence-electron chi connectivity index (χ2n) is 4.22. The summed E-state index contributed by atoms with van der Waals surface area (Å²) in [5.41, 5.74) is -0.428. The molecule has 0 saturated heterocycles. The molecule has 0 spiro atoms. The smallest absolute Gasteiger partial charge is 0.129 e. The first-order valence-electron chi connectivity index (χ1n) is 4.63. The highest BCUT2D eigenvalue weighted by Crippen LogP contribution is 2.19. The second kappa shape index (κ2) is 4.57. The molecule has 1 aromatic carbocycles. The van der Waals surface area contributed by atoms with E-state index in [0.717, 1.165) is 18.2 Å². The van der Waals surface area contributed by atoms with Gasteiger partial charge in [-0.1, -0.05) is 13.8 Å². The van der Waals surface area contributed by atoms with Crippen molar-refractivity contribution in [1.29, 1.82) is 0 Å². The molecule has 0 aliphatic rings. The van der Waals surface area contributed by atoms with E-state index in [1.807, 2.05) is 0 Å². The Hall–Kier alpha value is -1.16. The average Bonchev–Trinajstić information content (AvgIpc) is 2.14. The normalized spacial score (nSPS) is 11.5. The topological polar surface area (TPSA) is 29.5 Å². The summed E-state index contributed by atoms with van der Waals surface area (Å²) in [4.78, 5) is 0. The fraction of sp³-hybridized carbons (Fsp3) is 0.455. The van der Waals surface area contributed by atoms with Crippen molar-refractivity contribution in [2.24, 2.45) is 5.41 Å². The molecule has 1 N–H and O–H groups in total. The molecule has 84 valence electrons. The largest absolute Gasteiger partial charge is 0.493 e. The Bertz CT molecular complexity index is 317. The number of rotatable bonds is 4. The number of aliphatic hydroxyl groups is 1. The van der Waals surface area contributed by atoms with E-state index in [2.05, 4.69) is 0 Å². The number of ether oxygens (including phenoxy) is 1. The van der Waals surface area contributed by atoms with Crippen molar-refractivity contribution in [2.75, 3.05) is 13.2 Å². The summed E-state index contributed by atoms with van der Waals surface area (Å²) >= 11 is 0. The molecule has 0 saturated carbocycles. The standard InChI is InChI=1S/C11H14F2O2/c1-11(2,6-14)7-15-10-4-8(12)3-9(13)5-10/h3-5,14H,6-7H2,1-2H3. The van der Waals surface area contributed by atoms with Crippen molar-refractivity contribution < 1.29 is 18.6 Å². The fourth-order valence-corrected chi connectivity index (χ4v) is 0.936. The van der Waals surface area contributed by atoms with Crippen molar-refractivity contribution in [3.63, 3.8) is 0 Å². The van der Waals surface area contributed by atoms with Gasteiger partial charge in [0.05, 0.1) is 13.2 Å². The molecule has 0 aromatic heterocycles. The Kier molecular flexibility index (Phi) is 3.63. The van der Waals surface area contributed by atoms with Crippen LogP contribution in [0.4, 0.5) is 8.78 Å². The number of hydrogen-bond acceptors (Lipinski definition) is 2. The molecule has 1 rings (SSSR count). The molecular formula is C11H14F2O2. The van der Waals surface area contributed by atoms with Crippen molar-refractivity contribution in [3.05, 3.63) is 29.8 Å². The molecule has 0 aliphatic heterocycles. The lowest BCUT2D eigenvalue weighted by Gasteiger charge is -2.21. The highest BCUT2D eigenvalue weighted by atomic mass is 19.1. The van der Waals surface area contributed by atoms with Crippen LogP contribution in [0.25, 0.3) is 0 Å². The number of aliphatic hydroxyl groups excluding tert-OH is 1. The van der Waals surface area contributed by atoms with E-state index in [4.69, 9.17) is 9.84 Å². The highest BCUT2D eigenvalue weighted by molar-refractivity contribution is 5.23. The van der Waals surface area contributed by atoms with Gasteiger partial charge < -0.3 is 9.84 Å². The fourth-order valence-electron chi connectivity index (χ4n) is 0.936. The van der Waals surface area contributed by atoms with Gasteiger partial charge in [-0.05, 0) is 0 Å². The number of halogens is 2. The van der Waals surface area contributed by atoms with Crippen LogP contribution in [0.2, 0.25) is 0 Å². The van der Waals surface area contributed by atoms with Gasteiger partial charge in [0, 0.05) is 23.6 Å². The maximum atomic E-state index is 12.8. The molecule has 0 amide bonds. The third-order valence-corrected chi connectivity index (χ3v) is 1.89. The number of hydrogen-bond donors (Lipinski definition) is 1. The summed E-state index contributed by atoms with van der Waals surface area (Å²) in [6.45, 7) is 3.74. The van der Waals surface area contributed by atoms with Gasteiger partial charge in [-0.2, -0.15) is 0 Å². The van der Waals surface area contributed by atoms with E-state index in [-0.39, 0.29) is 19.0 Å². The van der Waals surface area contributed by atoms with Crippen LogP contribution in [0.3, 0.4) is 0 Å². The maximum absolute atomic E-state index is 12.8. The minimum Gasteiger partial charge on any atom is -0.493 e. The monoisotopic (exact) mass is 216 g/mol. The van der Waals surface area contributed by atoms with Crippen LogP contribution in [0.1, 0.15) is 13.8 Å². The lowest BCUT2D eigenvalue weighted by atomic mass is 9.97. The van der Waals surface area contributed by atoms with Gasteiger partial charge in [0.2, 0.25) is 0 Å². The molecular weight excluding hydrogens is 202 g/mol. The summed E-state index contributed by atoms with van der Waals surface area (Å²) in [6, 6.07) is 3.00. The van der Waals surface area contributed by atoms with Gasteiger partial charge in [-0.15, -0.1) is 0 Å². The molecule has 0 unspecified atom stereocenters. The molecule has 2 nitrogen and oxygen atoms in total. The maximum Gasteiger partial charge on any atom is 0.129 e. The van der Waals surface area contributed by atoms with Crippen molar-refractivity contribution in [2.45, 2.75) is 13.8 Å². The molecule has 1 aromatic rings. The van der Waals surface area contributed by atoms with E-state index >= 15 is 0 Å². The Morgan fingerprint density at radius 3 is 2.20 bits per heavy atom. The predicted octanol–water partition coefficient (Wildman–Crippen LogP) is 2.36. The number of benzene rings is 1.